The Morgan fingerprint density at radius 3 is 2.19 bits per heavy atom. The van der Waals surface area contributed by atoms with Crippen LogP contribution in [0.2, 0.25) is 0 Å². The van der Waals surface area contributed by atoms with Gasteiger partial charge in [-0.1, -0.05) is 19.3 Å². The lowest BCUT2D eigenvalue weighted by Crippen LogP contribution is -2.50. The van der Waals surface area contributed by atoms with Crippen molar-refractivity contribution in [3.05, 3.63) is 11.6 Å². The zero-order chi connectivity index (χ0) is 19.3. The van der Waals surface area contributed by atoms with E-state index in [4.69, 9.17) is 0 Å². The lowest BCUT2D eigenvalue weighted by atomic mass is 9.81. The fraction of sp³-hybridized carbons (Fsp3) is 0.889. The molecule has 1 unspecified atom stereocenters. The Balaban J connectivity index is 1.41. The van der Waals surface area contributed by atoms with E-state index >= 15 is 0 Å². The van der Waals surface area contributed by atoms with Gasteiger partial charge < -0.3 is 4.90 Å². The average molecular weight is 425 g/mol. The van der Waals surface area contributed by atoms with Crippen molar-refractivity contribution in [3.8, 4) is 0 Å². The number of nitrogens with zero attached hydrogens (tertiary/aromatic N) is 2. The maximum absolute atomic E-state index is 12.8. The van der Waals surface area contributed by atoms with Crippen LogP contribution < -0.4 is 0 Å². The summed E-state index contributed by atoms with van der Waals surface area (Å²) in [6.07, 6.45) is 12.1. The monoisotopic (exact) mass is 424 g/mol. The summed E-state index contributed by atoms with van der Waals surface area (Å²) < 4.78 is 62.3. The van der Waals surface area contributed by atoms with E-state index in [1.54, 1.807) is 11.8 Å². The molecule has 1 atom stereocenters. The van der Waals surface area contributed by atoms with Crippen molar-refractivity contribution in [1.82, 2.24) is 9.21 Å². The second kappa shape index (κ2) is 7.13. The van der Waals surface area contributed by atoms with Crippen molar-refractivity contribution in [2.24, 2.45) is 11.8 Å². The highest BCUT2D eigenvalue weighted by Gasteiger charge is 2.57. The molecule has 2 saturated carbocycles. The summed E-state index contributed by atoms with van der Waals surface area (Å²) in [7, 11) is -5.20. The van der Waals surface area contributed by atoms with Crippen LogP contribution in [0.25, 0.3) is 0 Å². The number of rotatable bonds is 4. The highest BCUT2D eigenvalue weighted by atomic mass is 32.2. The first-order valence-corrected chi connectivity index (χ1v) is 12.3. The summed E-state index contributed by atoms with van der Waals surface area (Å²) >= 11 is 1.76. The maximum atomic E-state index is 12.8. The fourth-order valence-corrected chi connectivity index (χ4v) is 7.52. The van der Waals surface area contributed by atoms with Crippen LogP contribution in [0.3, 0.4) is 0 Å². The molecule has 0 aromatic heterocycles. The minimum absolute atomic E-state index is 0.0339. The van der Waals surface area contributed by atoms with Crippen LogP contribution in [0, 0.1) is 11.8 Å². The lowest BCUT2D eigenvalue weighted by molar-refractivity contribution is -0.0498. The number of halogens is 3. The Labute approximate surface area is 163 Å². The van der Waals surface area contributed by atoms with Crippen LogP contribution in [-0.4, -0.2) is 47.1 Å². The van der Waals surface area contributed by atoms with Crippen LogP contribution in [0.4, 0.5) is 13.2 Å². The van der Waals surface area contributed by atoms with Gasteiger partial charge in [-0.3, -0.25) is 0 Å². The molecule has 0 amide bonds. The molecule has 4 nitrogen and oxygen atoms in total. The number of alkyl halides is 3. The second-order valence-corrected chi connectivity index (χ2v) is 11.3. The molecule has 9 heteroatoms. The summed E-state index contributed by atoms with van der Waals surface area (Å²) in [5, 5.41) is 2.36. The number of sulfonamides is 1. The quantitative estimate of drug-likeness (QED) is 0.666. The molecule has 1 saturated heterocycles. The van der Waals surface area contributed by atoms with Crippen molar-refractivity contribution in [3.63, 3.8) is 0 Å². The molecule has 0 radical (unpaired) electrons. The van der Waals surface area contributed by atoms with Crippen LogP contribution in [0.5, 0.6) is 0 Å². The van der Waals surface area contributed by atoms with Crippen molar-refractivity contribution < 1.29 is 21.6 Å². The molecule has 2 aliphatic carbocycles. The number of hydrogen-bond donors (Lipinski definition) is 0. The molecule has 4 rings (SSSR count). The standard InChI is InChI=1S/C18H27F3N2O2S2/c19-18(20,21)27(24,25)22-10-6-14(7-11-22)16-23(12-13-26-16)17(8-9-17)15-4-2-1-3-5-15/h12-16H,1-11H2. The molecular weight excluding hydrogens is 397 g/mol. The first-order valence-electron chi connectivity index (χ1n) is 9.93. The van der Waals surface area contributed by atoms with Crippen LogP contribution >= 0.6 is 11.8 Å². The van der Waals surface area contributed by atoms with Gasteiger partial charge in [-0.15, -0.1) is 11.8 Å². The molecule has 3 fully saturated rings. The van der Waals surface area contributed by atoms with Gasteiger partial charge in [0.1, 0.15) is 0 Å². The molecule has 0 N–H and O–H groups in total. The highest BCUT2D eigenvalue weighted by Crippen LogP contribution is 2.57. The highest BCUT2D eigenvalue weighted by molar-refractivity contribution is 8.02. The molecule has 0 aromatic rings. The van der Waals surface area contributed by atoms with Gasteiger partial charge in [-0.05, 0) is 55.8 Å². The molecule has 27 heavy (non-hydrogen) atoms. The minimum atomic E-state index is -5.20. The summed E-state index contributed by atoms with van der Waals surface area (Å²) in [4.78, 5) is 2.51. The van der Waals surface area contributed by atoms with Gasteiger partial charge in [-0.2, -0.15) is 17.5 Å². The Morgan fingerprint density at radius 2 is 1.63 bits per heavy atom. The minimum Gasteiger partial charge on any atom is -0.359 e. The van der Waals surface area contributed by atoms with Crippen LogP contribution in [0.1, 0.15) is 57.8 Å². The predicted octanol–water partition coefficient (Wildman–Crippen LogP) is 4.51. The van der Waals surface area contributed by atoms with E-state index in [0.717, 1.165) is 5.92 Å². The molecule has 4 aliphatic rings. The van der Waals surface area contributed by atoms with Gasteiger partial charge in [0.25, 0.3) is 0 Å². The summed E-state index contributed by atoms with van der Waals surface area (Å²) in [5.74, 6) is 0.952. The third kappa shape index (κ3) is 3.52. The lowest BCUT2D eigenvalue weighted by Gasteiger charge is -2.44. The summed E-state index contributed by atoms with van der Waals surface area (Å²) in [5.41, 5.74) is -4.95. The molecule has 2 aliphatic heterocycles. The molecular formula is C18H27F3N2O2S2. The smallest absolute Gasteiger partial charge is 0.359 e. The van der Waals surface area contributed by atoms with Crippen molar-refractivity contribution >= 4 is 21.8 Å². The zero-order valence-corrected chi connectivity index (χ0v) is 17.0. The van der Waals surface area contributed by atoms with E-state index in [1.165, 1.54) is 44.9 Å². The van der Waals surface area contributed by atoms with Crippen molar-refractivity contribution in [1.29, 1.82) is 0 Å². The average Bonchev–Trinajstić information content (AvgIpc) is 3.31. The van der Waals surface area contributed by atoms with E-state index in [1.807, 2.05) is 0 Å². The van der Waals surface area contributed by atoms with E-state index in [-0.39, 0.29) is 29.9 Å². The second-order valence-electron chi connectivity index (χ2n) is 8.34. The molecule has 154 valence electrons. The Morgan fingerprint density at radius 1 is 1.00 bits per heavy atom. The normalized spacial score (nSPS) is 30.8. The van der Waals surface area contributed by atoms with Gasteiger partial charge >= 0.3 is 15.5 Å². The molecule has 0 spiro atoms. The van der Waals surface area contributed by atoms with E-state index in [2.05, 4.69) is 16.5 Å². The van der Waals surface area contributed by atoms with Gasteiger partial charge in [-0.25, -0.2) is 8.42 Å². The van der Waals surface area contributed by atoms with Crippen molar-refractivity contribution in [2.75, 3.05) is 13.1 Å². The van der Waals surface area contributed by atoms with Gasteiger partial charge in [0, 0.05) is 24.8 Å². The fourth-order valence-electron chi connectivity index (χ4n) is 5.26. The SMILES string of the molecule is O=S(=O)(N1CCC(C2SC=CN2C2(C3CCCCC3)CC2)CC1)C(F)(F)F. The summed E-state index contributed by atoms with van der Waals surface area (Å²) in [6, 6.07) is 0. The molecule has 0 aromatic carbocycles. The third-order valence-corrected chi connectivity index (χ3v) is 9.69. The van der Waals surface area contributed by atoms with Gasteiger partial charge in [0.05, 0.1) is 5.37 Å². The Bertz CT molecular complexity index is 677. The topological polar surface area (TPSA) is 40.6 Å². The van der Waals surface area contributed by atoms with Crippen LogP contribution in [-0.2, 0) is 10.0 Å². The van der Waals surface area contributed by atoms with E-state index in [9.17, 15) is 21.6 Å². The van der Waals surface area contributed by atoms with Crippen molar-refractivity contribution in [2.45, 2.75) is 74.2 Å². The van der Waals surface area contributed by atoms with E-state index in [0.29, 0.717) is 17.1 Å². The molecule has 0 bridgehead atoms. The molecule has 2 heterocycles. The number of hydrogen-bond acceptors (Lipinski definition) is 4. The van der Waals surface area contributed by atoms with E-state index < -0.39 is 15.5 Å². The first-order chi connectivity index (χ1) is 12.8. The Kier molecular flexibility index (Phi) is 5.25. The number of piperidine rings is 1. The van der Waals surface area contributed by atoms with Gasteiger partial charge in [0.15, 0.2) is 0 Å². The number of thioether (sulfide) groups is 1. The van der Waals surface area contributed by atoms with Crippen LogP contribution in [0.15, 0.2) is 11.6 Å². The maximum Gasteiger partial charge on any atom is 0.511 e. The Hall–Kier alpha value is -0.410. The first kappa shape index (κ1) is 19.9. The van der Waals surface area contributed by atoms with Gasteiger partial charge in [0.2, 0.25) is 0 Å². The largest absolute Gasteiger partial charge is 0.511 e. The third-order valence-electron chi connectivity index (χ3n) is 6.89. The predicted molar refractivity (Wildman–Crippen MR) is 100 cm³/mol. The zero-order valence-electron chi connectivity index (χ0n) is 15.3. The summed E-state index contributed by atoms with van der Waals surface area (Å²) in [6.45, 7) is -0.0678.